The van der Waals surface area contributed by atoms with Crippen LogP contribution in [0.1, 0.15) is 92.9 Å². The van der Waals surface area contributed by atoms with Crippen LogP contribution in [0.3, 0.4) is 0 Å². The Kier molecular flexibility index (Phi) is 6.24. The summed E-state index contributed by atoms with van der Waals surface area (Å²) in [6.07, 6.45) is 12.2. The Morgan fingerprint density at radius 3 is 2.36 bits per heavy atom. The fourth-order valence-corrected chi connectivity index (χ4v) is 7.98. The van der Waals surface area contributed by atoms with E-state index in [1.165, 1.54) is 51.4 Å². The molecule has 0 amide bonds. The minimum Gasteiger partial charge on any atom is -0.379 e. The van der Waals surface area contributed by atoms with Crippen molar-refractivity contribution in [3.05, 3.63) is 0 Å². The van der Waals surface area contributed by atoms with Crippen LogP contribution in [-0.2, 0) is 4.74 Å². The molecule has 0 aromatic carbocycles. The predicted molar refractivity (Wildman–Crippen MR) is 108 cm³/mol. The second-order valence-corrected chi connectivity index (χ2v) is 10.3. The Bertz CT molecular complexity index is 430. The molecule has 3 rings (SSSR count). The van der Waals surface area contributed by atoms with E-state index in [-0.39, 0.29) is 0 Å². The second-order valence-electron chi connectivity index (χ2n) is 10.3. The summed E-state index contributed by atoms with van der Waals surface area (Å²) in [5.74, 6) is 6.75. The molecule has 0 saturated heterocycles. The van der Waals surface area contributed by atoms with Crippen LogP contribution < -0.4 is 0 Å². The summed E-state index contributed by atoms with van der Waals surface area (Å²) in [7, 11) is 0. The summed E-state index contributed by atoms with van der Waals surface area (Å²) >= 11 is 0. The van der Waals surface area contributed by atoms with Gasteiger partial charge in [0, 0.05) is 6.61 Å². The number of hydrogen-bond donors (Lipinski definition) is 0. The molecule has 3 aliphatic carbocycles. The van der Waals surface area contributed by atoms with E-state index in [9.17, 15) is 0 Å². The number of ether oxygens (including phenoxy) is 1. The van der Waals surface area contributed by atoms with Crippen LogP contribution in [0.4, 0.5) is 0 Å². The first-order valence-electron chi connectivity index (χ1n) is 11.5. The number of rotatable bonds is 6. The largest absolute Gasteiger partial charge is 0.379 e. The zero-order chi connectivity index (χ0) is 18.2. The zero-order valence-electron chi connectivity index (χ0n) is 17.9. The summed E-state index contributed by atoms with van der Waals surface area (Å²) in [6.45, 7) is 15.4. The van der Waals surface area contributed by atoms with E-state index in [4.69, 9.17) is 4.74 Å². The van der Waals surface area contributed by atoms with Crippen LogP contribution in [0, 0.1) is 46.8 Å². The lowest BCUT2D eigenvalue weighted by Crippen LogP contribution is -2.48. The van der Waals surface area contributed by atoms with Gasteiger partial charge in [0.2, 0.25) is 0 Å². The Balaban J connectivity index is 1.78. The maximum Gasteiger partial charge on any atom is 0.0549 e. The maximum atomic E-state index is 5.97. The molecular formula is C24H44O. The lowest BCUT2D eigenvalue weighted by molar-refractivity contribution is -0.0726. The van der Waals surface area contributed by atoms with Crippen LogP contribution in [0.2, 0.25) is 0 Å². The molecule has 0 spiro atoms. The third-order valence-electron chi connectivity index (χ3n) is 8.98. The van der Waals surface area contributed by atoms with Gasteiger partial charge in [-0.2, -0.15) is 0 Å². The van der Waals surface area contributed by atoms with Gasteiger partial charge in [-0.05, 0) is 106 Å². The smallest absolute Gasteiger partial charge is 0.0549 e. The fourth-order valence-electron chi connectivity index (χ4n) is 7.98. The van der Waals surface area contributed by atoms with E-state index < -0.39 is 0 Å². The van der Waals surface area contributed by atoms with Gasteiger partial charge in [0.05, 0.1) is 6.10 Å². The van der Waals surface area contributed by atoms with Gasteiger partial charge in [-0.15, -0.1) is 0 Å². The van der Waals surface area contributed by atoms with E-state index >= 15 is 0 Å². The molecule has 0 N–H and O–H groups in total. The Morgan fingerprint density at radius 1 is 0.960 bits per heavy atom. The van der Waals surface area contributed by atoms with Crippen molar-refractivity contribution in [3.8, 4) is 0 Å². The Labute approximate surface area is 157 Å². The second kappa shape index (κ2) is 7.91. The molecule has 0 bridgehead atoms. The highest BCUT2D eigenvalue weighted by Crippen LogP contribution is 2.64. The molecule has 0 aromatic rings. The minimum absolute atomic E-state index is 0.447. The van der Waals surface area contributed by atoms with Gasteiger partial charge >= 0.3 is 0 Å². The van der Waals surface area contributed by atoms with Crippen molar-refractivity contribution in [3.63, 3.8) is 0 Å². The molecule has 146 valence electrons. The molecule has 0 heterocycles. The minimum atomic E-state index is 0.447. The highest BCUT2D eigenvalue weighted by Gasteiger charge is 2.56. The van der Waals surface area contributed by atoms with E-state index in [0.717, 1.165) is 48.0 Å². The first-order chi connectivity index (χ1) is 11.9. The molecule has 3 saturated carbocycles. The van der Waals surface area contributed by atoms with Crippen molar-refractivity contribution >= 4 is 0 Å². The van der Waals surface area contributed by atoms with E-state index in [0.29, 0.717) is 11.5 Å². The molecule has 25 heavy (non-hydrogen) atoms. The van der Waals surface area contributed by atoms with Gasteiger partial charge in [0.1, 0.15) is 0 Å². The summed E-state index contributed by atoms with van der Waals surface area (Å²) in [5, 5.41) is 0. The number of hydrogen-bond acceptors (Lipinski definition) is 1. The number of fused-ring (bicyclic) bond motifs is 3. The van der Waals surface area contributed by atoms with Crippen LogP contribution >= 0.6 is 0 Å². The van der Waals surface area contributed by atoms with Crippen LogP contribution in [-0.4, -0.2) is 12.7 Å². The van der Waals surface area contributed by atoms with Gasteiger partial charge in [-0.1, -0.05) is 34.1 Å². The molecule has 8 unspecified atom stereocenters. The van der Waals surface area contributed by atoms with Crippen molar-refractivity contribution in [2.75, 3.05) is 6.61 Å². The monoisotopic (exact) mass is 348 g/mol. The molecule has 1 heteroatoms. The zero-order valence-corrected chi connectivity index (χ0v) is 17.9. The van der Waals surface area contributed by atoms with Gasteiger partial charge < -0.3 is 4.74 Å². The van der Waals surface area contributed by atoms with E-state index in [1.807, 2.05) is 0 Å². The van der Waals surface area contributed by atoms with Gasteiger partial charge in [0.15, 0.2) is 0 Å². The third-order valence-corrected chi connectivity index (χ3v) is 8.98. The SMILES string of the molecule is CCOC(C)CC1C(CC)CCC2C1CCC1(C)C(C(C)C)CCC21. The van der Waals surface area contributed by atoms with Gasteiger partial charge in [-0.3, -0.25) is 0 Å². The average Bonchev–Trinajstić information content (AvgIpc) is 2.92. The Morgan fingerprint density at radius 2 is 1.72 bits per heavy atom. The van der Waals surface area contributed by atoms with Crippen molar-refractivity contribution in [2.45, 2.75) is 99.0 Å². The molecular weight excluding hydrogens is 304 g/mol. The third kappa shape index (κ3) is 3.56. The first kappa shape index (κ1) is 19.7. The van der Waals surface area contributed by atoms with Crippen molar-refractivity contribution in [2.24, 2.45) is 46.8 Å². The molecule has 0 aromatic heterocycles. The quantitative estimate of drug-likeness (QED) is 0.504. The molecule has 3 aliphatic rings. The van der Waals surface area contributed by atoms with Gasteiger partial charge in [-0.25, -0.2) is 0 Å². The van der Waals surface area contributed by atoms with Crippen molar-refractivity contribution in [1.82, 2.24) is 0 Å². The summed E-state index contributed by atoms with van der Waals surface area (Å²) in [4.78, 5) is 0. The highest BCUT2D eigenvalue weighted by molar-refractivity contribution is 5.05. The summed E-state index contributed by atoms with van der Waals surface area (Å²) in [6, 6.07) is 0. The predicted octanol–water partition coefficient (Wildman–Crippen LogP) is 6.95. The molecule has 0 radical (unpaired) electrons. The van der Waals surface area contributed by atoms with Crippen LogP contribution in [0.15, 0.2) is 0 Å². The first-order valence-corrected chi connectivity index (χ1v) is 11.5. The summed E-state index contributed by atoms with van der Waals surface area (Å²) in [5.41, 5.74) is 0.643. The van der Waals surface area contributed by atoms with E-state index in [2.05, 4.69) is 41.5 Å². The van der Waals surface area contributed by atoms with Crippen LogP contribution in [0.25, 0.3) is 0 Å². The highest BCUT2D eigenvalue weighted by atomic mass is 16.5. The lowest BCUT2D eigenvalue weighted by atomic mass is 9.50. The topological polar surface area (TPSA) is 9.23 Å². The van der Waals surface area contributed by atoms with Crippen LogP contribution in [0.5, 0.6) is 0 Å². The summed E-state index contributed by atoms with van der Waals surface area (Å²) < 4.78 is 5.97. The van der Waals surface area contributed by atoms with E-state index in [1.54, 1.807) is 0 Å². The molecule has 3 fully saturated rings. The standard InChI is InChI=1S/C24H44O/c1-7-18-9-10-20-19(21(18)15-17(5)25-8-2)13-14-24(6)22(16(3)4)11-12-23(20)24/h16-23H,7-15H2,1-6H3. The normalized spacial score (nSPS) is 45.2. The molecule has 1 nitrogen and oxygen atoms in total. The lowest BCUT2D eigenvalue weighted by Gasteiger charge is -2.55. The maximum absolute atomic E-state index is 5.97. The van der Waals surface area contributed by atoms with Crippen molar-refractivity contribution in [1.29, 1.82) is 0 Å². The molecule has 0 aliphatic heterocycles. The molecule has 8 atom stereocenters. The average molecular weight is 349 g/mol. The van der Waals surface area contributed by atoms with Crippen molar-refractivity contribution < 1.29 is 4.74 Å². The Hall–Kier alpha value is -0.0400. The fraction of sp³-hybridized carbons (Fsp3) is 1.00. The van der Waals surface area contributed by atoms with Gasteiger partial charge in [0.25, 0.3) is 0 Å².